The minimum absolute atomic E-state index is 0.0138. The van der Waals surface area contributed by atoms with Crippen molar-refractivity contribution in [2.75, 3.05) is 46.5 Å². The molecule has 1 atom stereocenters. The van der Waals surface area contributed by atoms with Gasteiger partial charge in [-0.1, -0.05) is 6.07 Å². The molecule has 0 saturated carbocycles. The van der Waals surface area contributed by atoms with E-state index in [1.165, 1.54) is 0 Å². The summed E-state index contributed by atoms with van der Waals surface area (Å²) >= 11 is 0. The highest BCUT2D eigenvalue weighted by atomic mass is 16.5. The molecule has 0 bridgehead atoms. The zero-order chi connectivity index (χ0) is 18.6. The number of hydrogen-bond donors (Lipinski definition) is 1. The van der Waals surface area contributed by atoms with E-state index >= 15 is 0 Å². The minimum atomic E-state index is -0.364. The number of nitrogens with zero attached hydrogens (tertiary/aromatic N) is 3. The molecule has 8 nitrogen and oxygen atoms in total. The smallest absolute Gasteiger partial charge is 0.248 e. The van der Waals surface area contributed by atoms with Crippen molar-refractivity contribution in [1.29, 1.82) is 0 Å². The van der Waals surface area contributed by atoms with E-state index in [0.29, 0.717) is 39.4 Å². The van der Waals surface area contributed by atoms with Gasteiger partial charge in [0.05, 0.1) is 19.7 Å². The first-order valence-corrected chi connectivity index (χ1v) is 8.89. The fraction of sp³-hybridized carbons (Fsp3) is 0.611. The molecule has 3 rings (SSSR count). The van der Waals surface area contributed by atoms with Crippen LogP contribution < -0.4 is 5.32 Å². The average Bonchev–Trinajstić information content (AvgIpc) is 2.62. The summed E-state index contributed by atoms with van der Waals surface area (Å²) in [5, 5.41) is 2.93. The van der Waals surface area contributed by atoms with Crippen LogP contribution in [-0.4, -0.2) is 84.7 Å². The van der Waals surface area contributed by atoms with E-state index in [4.69, 9.17) is 9.47 Å². The van der Waals surface area contributed by atoms with Gasteiger partial charge in [-0.15, -0.1) is 0 Å². The molecule has 8 heteroatoms. The number of likely N-dealkylation sites (N-methyl/N-ethyl adjacent to an activating group) is 1. The molecule has 1 aromatic heterocycles. The second-order valence-electron chi connectivity index (χ2n) is 6.89. The quantitative estimate of drug-likeness (QED) is 0.745. The van der Waals surface area contributed by atoms with E-state index in [-0.39, 0.29) is 30.1 Å². The summed E-state index contributed by atoms with van der Waals surface area (Å²) in [4.78, 5) is 32.2. The van der Waals surface area contributed by atoms with Gasteiger partial charge >= 0.3 is 0 Å². The van der Waals surface area contributed by atoms with E-state index < -0.39 is 0 Å². The Morgan fingerprint density at radius 1 is 1.42 bits per heavy atom. The third kappa shape index (κ3) is 4.20. The van der Waals surface area contributed by atoms with E-state index in [2.05, 4.69) is 10.3 Å². The molecular formula is C18H26N4O4. The van der Waals surface area contributed by atoms with Gasteiger partial charge < -0.3 is 19.7 Å². The lowest BCUT2D eigenvalue weighted by atomic mass is 9.90. The standard InChI is InChI=1S/C18H26N4O4/c1-3-25-10-16(23)22-12-18(13-22)11-21(2)15(9-26-18)17(24)20-8-14-5-4-6-19-7-14/h4-7,15H,3,8-13H2,1-2H3,(H,20,24). The maximum Gasteiger partial charge on any atom is 0.248 e. The number of carbonyl (C=O) groups is 2. The van der Waals surface area contributed by atoms with Gasteiger partial charge in [0.15, 0.2) is 0 Å². The number of likely N-dealkylation sites (tertiary alicyclic amines) is 1. The molecular weight excluding hydrogens is 336 g/mol. The maximum absolute atomic E-state index is 12.5. The van der Waals surface area contributed by atoms with E-state index in [0.717, 1.165) is 5.56 Å². The Balaban J connectivity index is 1.45. The van der Waals surface area contributed by atoms with Crippen LogP contribution in [0.2, 0.25) is 0 Å². The molecule has 2 aliphatic heterocycles. The van der Waals surface area contributed by atoms with Crippen molar-refractivity contribution >= 4 is 11.8 Å². The van der Waals surface area contributed by atoms with E-state index in [1.54, 1.807) is 17.3 Å². The number of ether oxygens (including phenoxy) is 2. The van der Waals surface area contributed by atoms with Crippen molar-refractivity contribution in [3.8, 4) is 0 Å². The third-order valence-corrected chi connectivity index (χ3v) is 4.85. The van der Waals surface area contributed by atoms with Gasteiger partial charge in [-0.25, -0.2) is 0 Å². The van der Waals surface area contributed by atoms with Gasteiger partial charge in [-0.05, 0) is 25.6 Å². The lowest BCUT2D eigenvalue weighted by molar-refractivity contribution is -0.202. The van der Waals surface area contributed by atoms with Crippen molar-refractivity contribution in [2.45, 2.75) is 25.1 Å². The largest absolute Gasteiger partial charge is 0.372 e. The Hall–Kier alpha value is -2.03. The molecule has 0 aromatic carbocycles. The maximum atomic E-state index is 12.5. The number of carbonyl (C=O) groups excluding carboxylic acids is 2. The SMILES string of the molecule is CCOCC(=O)N1CC2(C1)CN(C)C(C(=O)NCc1cccnc1)CO2. The summed E-state index contributed by atoms with van der Waals surface area (Å²) in [5.74, 6) is -0.0742. The molecule has 2 saturated heterocycles. The molecule has 1 aromatic rings. The molecule has 2 fully saturated rings. The van der Waals surface area contributed by atoms with Gasteiger partial charge in [0.25, 0.3) is 0 Å². The van der Waals surface area contributed by atoms with Crippen LogP contribution in [0.25, 0.3) is 0 Å². The summed E-state index contributed by atoms with van der Waals surface area (Å²) in [7, 11) is 1.92. The summed E-state index contributed by atoms with van der Waals surface area (Å²) in [6.45, 7) is 4.99. The predicted molar refractivity (Wildman–Crippen MR) is 94.3 cm³/mol. The van der Waals surface area contributed by atoms with Gasteiger partial charge in [0.2, 0.25) is 11.8 Å². The summed E-state index contributed by atoms with van der Waals surface area (Å²) in [5.41, 5.74) is 0.593. The number of pyridine rings is 1. The second-order valence-corrected chi connectivity index (χ2v) is 6.89. The predicted octanol–water partition coefficient (Wildman–Crippen LogP) is -0.354. The number of morpholine rings is 1. The first-order valence-electron chi connectivity index (χ1n) is 8.89. The molecule has 142 valence electrons. The molecule has 1 unspecified atom stereocenters. The molecule has 3 heterocycles. The summed E-state index contributed by atoms with van der Waals surface area (Å²) in [6, 6.07) is 3.44. The van der Waals surface area contributed by atoms with E-state index in [1.807, 2.05) is 31.0 Å². The van der Waals surface area contributed by atoms with Crippen molar-refractivity contribution in [2.24, 2.45) is 0 Å². The lowest BCUT2D eigenvalue weighted by Gasteiger charge is -2.54. The van der Waals surface area contributed by atoms with Crippen molar-refractivity contribution in [1.82, 2.24) is 20.1 Å². The molecule has 1 N–H and O–H groups in total. The molecule has 0 aliphatic carbocycles. The topological polar surface area (TPSA) is 84.0 Å². The number of rotatable bonds is 6. The van der Waals surface area contributed by atoms with Crippen LogP contribution in [0.15, 0.2) is 24.5 Å². The van der Waals surface area contributed by atoms with Gasteiger partial charge in [-0.2, -0.15) is 0 Å². The molecule has 0 radical (unpaired) electrons. The van der Waals surface area contributed by atoms with Crippen molar-refractivity contribution < 1.29 is 19.1 Å². The van der Waals surface area contributed by atoms with Crippen LogP contribution in [0.5, 0.6) is 0 Å². The van der Waals surface area contributed by atoms with Crippen molar-refractivity contribution in [3.63, 3.8) is 0 Å². The molecule has 2 amide bonds. The first-order chi connectivity index (χ1) is 12.5. The molecule has 26 heavy (non-hydrogen) atoms. The highest BCUT2D eigenvalue weighted by Gasteiger charge is 2.51. The highest BCUT2D eigenvalue weighted by Crippen LogP contribution is 2.30. The van der Waals surface area contributed by atoms with Gasteiger partial charge in [0, 0.05) is 32.1 Å². The Kier molecular flexibility index (Phi) is 5.85. The fourth-order valence-corrected chi connectivity index (χ4v) is 3.38. The van der Waals surface area contributed by atoms with Crippen LogP contribution in [0.3, 0.4) is 0 Å². The fourth-order valence-electron chi connectivity index (χ4n) is 3.38. The highest BCUT2D eigenvalue weighted by molar-refractivity contribution is 5.82. The number of hydrogen-bond acceptors (Lipinski definition) is 6. The van der Waals surface area contributed by atoms with Crippen LogP contribution in [0.4, 0.5) is 0 Å². The van der Waals surface area contributed by atoms with Crippen LogP contribution in [-0.2, 0) is 25.6 Å². The van der Waals surface area contributed by atoms with Crippen LogP contribution >= 0.6 is 0 Å². The molecule has 2 aliphatic rings. The average molecular weight is 362 g/mol. The zero-order valence-electron chi connectivity index (χ0n) is 15.3. The lowest BCUT2D eigenvalue weighted by Crippen LogP contribution is -2.73. The zero-order valence-corrected chi connectivity index (χ0v) is 15.3. The summed E-state index contributed by atoms with van der Waals surface area (Å²) < 4.78 is 11.2. The minimum Gasteiger partial charge on any atom is -0.372 e. The van der Waals surface area contributed by atoms with Gasteiger partial charge in [0.1, 0.15) is 18.2 Å². The second kappa shape index (κ2) is 8.11. The normalized spacial score (nSPS) is 22.1. The third-order valence-electron chi connectivity index (χ3n) is 4.85. The number of nitrogens with one attached hydrogen (secondary N) is 1. The van der Waals surface area contributed by atoms with Crippen LogP contribution in [0.1, 0.15) is 12.5 Å². The Labute approximate surface area is 153 Å². The Bertz CT molecular complexity index is 633. The first kappa shape index (κ1) is 18.8. The van der Waals surface area contributed by atoms with Gasteiger partial charge in [-0.3, -0.25) is 19.5 Å². The van der Waals surface area contributed by atoms with Crippen LogP contribution in [0, 0.1) is 0 Å². The number of amides is 2. The van der Waals surface area contributed by atoms with E-state index in [9.17, 15) is 9.59 Å². The molecule has 1 spiro atoms. The summed E-state index contributed by atoms with van der Waals surface area (Å²) in [6.07, 6.45) is 3.44. The Morgan fingerprint density at radius 2 is 2.23 bits per heavy atom. The van der Waals surface area contributed by atoms with Crippen molar-refractivity contribution in [3.05, 3.63) is 30.1 Å². The monoisotopic (exact) mass is 362 g/mol. The number of aromatic nitrogens is 1. The Morgan fingerprint density at radius 3 is 2.88 bits per heavy atom.